The van der Waals surface area contributed by atoms with Crippen molar-refractivity contribution in [1.82, 2.24) is 5.32 Å². The van der Waals surface area contributed by atoms with Crippen molar-refractivity contribution in [3.63, 3.8) is 0 Å². The van der Waals surface area contributed by atoms with E-state index < -0.39 is 5.82 Å². The maximum absolute atomic E-state index is 13.8. The lowest BCUT2D eigenvalue weighted by Gasteiger charge is -2.29. The predicted octanol–water partition coefficient (Wildman–Crippen LogP) is 4.52. The number of hydrogen-bond donors (Lipinski definition) is 1. The third-order valence-electron chi connectivity index (χ3n) is 3.60. The molecule has 0 bridgehead atoms. The van der Waals surface area contributed by atoms with Crippen molar-refractivity contribution in [2.75, 3.05) is 11.9 Å². The molecule has 0 aliphatic rings. The fraction of sp³-hybridized carbons (Fsp3) is 0.500. The third-order valence-corrected chi connectivity index (χ3v) is 5.41. The van der Waals surface area contributed by atoms with E-state index in [-0.39, 0.29) is 16.9 Å². The average Bonchev–Trinajstić information content (AvgIpc) is 2.44. The molecule has 19 heavy (non-hydrogen) atoms. The minimum Gasteiger partial charge on any atom is -0.351 e. The molecule has 1 aromatic carbocycles. The molecule has 0 aliphatic heterocycles. The largest absolute Gasteiger partial charge is 0.351 e. The van der Waals surface area contributed by atoms with Gasteiger partial charge in [0.25, 0.3) is 5.91 Å². The van der Waals surface area contributed by atoms with Crippen molar-refractivity contribution in [3.05, 3.63) is 34.1 Å². The normalized spacial score (nSPS) is 11.4. The number of benzene rings is 1. The van der Waals surface area contributed by atoms with Crippen LogP contribution in [-0.4, -0.2) is 17.8 Å². The molecule has 0 unspecified atom stereocenters. The van der Waals surface area contributed by atoms with Crippen LogP contribution in [0.4, 0.5) is 4.39 Å². The molecule has 0 atom stereocenters. The Labute approximate surface area is 130 Å². The first-order chi connectivity index (χ1) is 8.99. The van der Waals surface area contributed by atoms with E-state index in [4.69, 9.17) is 0 Å². The van der Waals surface area contributed by atoms with Gasteiger partial charge >= 0.3 is 0 Å². The molecule has 0 spiro atoms. The number of carbonyl (C=O) groups excluding carboxylic acids is 1. The number of carbonyl (C=O) groups is 1. The Morgan fingerprint density at radius 3 is 2.53 bits per heavy atom. The summed E-state index contributed by atoms with van der Waals surface area (Å²) in [5, 5.41) is 3.64. The maximum Gasteiger partial charge on any atom is 0.254 e. The Kier molecular flexibility index (Phi) is 6.47. The molecule has 2 nitrogen and oxygen atoms in total. The van der Waals surface area contributed by atoms with Crippen LogP contribution < -0.4 is 5.32 Å². The highest BCUT2D eigenvalue weighted by atomic mass is 79.9. The van der Waals surface area contributed by atoms with E-state index in [1.54, 1.807) is 12.1 Å². The Bertz CT molecular complexity index is 439. The van der Waals surface area contributed by atoms with Crippen LogP contribution in [0.25, 0.3) is 0 Å². The molecule has 1 amide bonds. The van der Waals surface area contributed by atoms with Gasteiger partial charge in [0.1, 0.15) is 5.82 Å². The van der Waals surface area contributed by atoms with Crippen molar-refractivity contribution in [1.29, 1.82) is 0 Å². The van der Waals surface area contributed by atoms with Gasteiger partial charge in [-0.1, -0.05) is 35.8 Å². The lowest BCUT2D eigenvalue weighted by molar-refractivity contribution is 0.0928. The zero-order chi connectivity index (χ0) is 14.5. The molecule has 0 saturated heterocycles. The van der Waals surface area contributed by atoms with Crippen molar-refractivity contribution in [3.8, 4) is 0 Å². The highest BCUT2D eigenvalue weighted by Gasteiger charge is 2.26. The van der Waals surface area contributed by atoms with Crippen LogP contribution in [0.3, 0.4) is 0 Å². The molecule has 1 aromatic rings. The zero-order valence-corrected chi connectivity index (χ0v) is 14.3. The first kappa shape index (κ1) is 16.6. The van der Waals surface area contributed by atoms with Gasteiger partial charge in [-0.25, -0.2) is 4.39 Å². The van der Waals surface area contributed by atoms with Gasteiger partial charge in [0.05, 0.1) is 10.0 Å². The van der Waals surface area contributed by atoms with Crippen molar-refractivity contribution < 1.29 is 9.18 Å². The van der Waals surface area contributed by atoms with Crippen LogP contribution in [0.2, 0.25) is 0 Å². The minimum absolute atomic E-state index is 0.0259. The van der Waals surface area contributed by atoms with Gasteiger partial charge in [-0.05, 0) is 46.3 Å². The highest BCUT2D eigenvalue weighted by molar-refractivity contribution is 9.10. The molecule has 0 aliphatic carbocycles. The van der Waals surface area contributed by atoms with Gasteiger partial charge in [-0.3, -0.25) is 4.79 Å². The fourth-order valence-electron chi connectivity index (χ4n) is 1.78. The summed E-state index contributed by atoms with van der Waals surface area (Å²) < 4.78 is 14.1. The molecule has 1 N–H and O–H groups in total. The molecule has 0 radical (unpaired) electrons. The summed E-state index contributed by atoms with van der Waals surface area (Å²) >= 11 is 6.58. The van der Waals surface area contributed by atoms with Crippen LogP contribution in [-0.2, 0) is 0 Å². The van der Waals surface area contributed by atoms with E-state index >= 15 is 0 Å². The average molecular weight is 395 g/mol. The standard InChI is InChI=1S/C14H18Br2FNO/c1-3-14(4-2,8-15)9-18-13(19)10-6-5-7-11(16)12(10)17/h5-7H,3-4,8-9H2,1-2H3,(H,18,19). The second kappa shape index (κ2) is 7.39. The van der Waals surface area contributed by atoms with Crippen LogP contribution >= 0.6 is 31.9 Å². The lowest BCUT2D eigenvalue weighted by Crippen LogP contribution is -2.38. The Hall–Kier alpha value is -0.420. The SMILES string of the molecule is CCC(CC)(CBr)CNC(=O)c1cccc(Br)c1F. The molecule has 0 saturated carbocycles. The number of halogens is 3. The number of rotatable bonds is 6. The topological polar surface area (TPSA) is 29.1 Å². The molecule has 0 heterocycles. The van der Waals surface area contributed by atoms with E-state index in [2.05, 4.69) is 51.0 Å². The van der Waals surface area contributed by atoms with Crippen molar-refractivity contribution in [2.24, 2.45) is 5.41 Å². The van der Waals surface area contributed by atoms with Crippen LogP contribution in [0.1, 0.15) is 37.0 Å². The molecule has 0 fully saturated rings. The summed E-state index contributed by atoms with van der Waals surface area (Å²) in [6.07, 6.45) is 1.91. The number of amides is 1. The second-order valence-electron chi connectivity index (χ2n) is 4.62. The van der Waals surface area contributed by atoms with Crippen molar-refractivity contribution in [2.45, 2.75) is 26.7 Å². The minimum atomic E-state index is -0.516. The number of nitrogens with one attached hydrogen (secondary N) is 1. The van der Waals surface area contributed by atoms with E-state index in [0.29, 0.717) is 11.0 Å². The van der Waals surface area contributed by atoms with E-state index in [1.165, 1.54) is 6.07 Å². The number of alkyl halides is 1. The van der Waals surface area contributed by atoms with Gasteiger partial charge in [-0.15, -0.1) is 0 Å². The van der Waals surface area contributed by atoms with E-state index in [1.807, 2.05) is 0 Å². The first-order valence-electron chi connectivity index (χ1n) is 6.28. The summed E-state index contributed by atoms with van der Waals surface area (Å²) in [5.74, 6) is -0.886. The van der Waals surface area contributed by atoms with Gasteiger partial charge in [0.15, 0.2) is 0 Å². The predicted molar refractivity (Wildman–Crippen MR) is 83.2 cm³/mol. The Morgan fingerprint density at radius 2 is 2.00 bits per heavy atom. The maximum atomic E-state index is 13.8. The second-order valence-corrected chi connectivity index (χ2v) is 6.04. The molecule has 0 aromatic heterocycles. The summed E-state index contributed by atoms with van der Waals surface area (Å²) in [4.78, 5) is 12.0. The van der Waals surface area contributed by atoms with Gasteiger partial charge in [0, 0.05) is 11.9 Å². The van der Waals surface area contributed by atoms with Crippen molar-refractivity contribution >= 4 is 37.8 Å². The fourth-order valence-corrected chi connectivity index (χ4v) is 3.14. The van der Waals surface area contributed by atoms with E-state index in [9.17, 15) is 9.18 Å². The molecular weight excluding hydrogens is 377 g/mol. The van der Waals surface area contributed by atoms with Gasteiger partial charge in [0.2, 0.25) is 0 Å². The monoisotopic (exact) mass is 393 g/mol. The van der Waals surface area contributed by atoms with Crippen LogP contribution in [0, 0.1) is 11.2 Å². The number of hydrogen-bond acceptors (Lipinski definition) is 1. The summed E-state index contributed by atoms with van der Waals surface area (Å²) in [6.45, 7) is 4.73. The highest BCUT2D eigenvalue weighted by Crippen LogP contribution is 2.28. The molecule has 1 rings (SSSR count). The smallest absolute Gasteiger partial charge is 0.254 e. The summed E-state index contributed by atoms with van der Waals surface area (Å²) in [5.41, 5.74) is 0.100. The van der Waals surface area contributed by atoms with Crippen LogP contribution in [0.5, 0.6) is 0 Å². The molecule has 106 valence electrons. The van der Waals surface area contributed by atoms with Gasteiger partial charge in [-0.2, -0.15) is 0 Å². The first-order valence-corrected chi connectivity index (χ1v) is 8.19. The Balaban J connectivity index is 2.78. The molecule has 5 heteroatoms. The third kappa shape index (κ3) is 4.02. The quantitative estimate of drug-likeness (QED) is 0.706. The van der Waals surface area contributed by atoms with E-state index in [0.717, 1.165) is 18.2 Å². The summed E-state index contributed by atoms with van der Waals surface area (Å²) in [6, 6.07) is 4.72. The summed E-state index contributed by atoms with van der Waals surface area (Å²) in [7, 11) is 0. The zero-order valence-electron chi connectivity index (χ0n) is 11.1. The lowest BCUT2D eigenvalue weighted by atomic mass is 9.84. The Morgan fingerprint density at radius 1 is 1.37 bits per heavy atom. The molecular formula is C14H18Br2FNO. The van der Waals surface area contributed by atoms with Crippen LogP contribution in [0.15, 0.2) is 22.7 Å². The van der Waals surface area contributed by atoms with Gasteiger partial charge < -0.3 is 5.32 Å².